The second-order valence-corrected chi connectivity index (χ2v) is 6.35. The van der Waals surface area contributed by atoms with Gasteiger partial charge in [0.25, 0.3) is 0 Å². The lowest BCUT2D eigenvalue weighted by Crippen LogP contribution is -2.39. The summed E-state index contributed by atoms with van der Waals surface area (Å²) in [5, 5.41) is 6.98. The van der Waals surface area contributed by atoms with Crippen LogP contribution in [0.15, 0.2) is 18.2 Å². The van der Waals surface area contributed by atoms with Crippen LogP contribution in [-0.4, -0.2) is 25.1 Å². The van der Waals surface area contributed by atoms with Crippen molar-refractivity contribution in [3.05, 3.63) is 23.2 Å². The molecule has 1 aliphatic heterocycles. The Bertz CT molecular complexity index is 521. The van der Waals surface area contributed by atoms with Crippen molar-refractivity contribution in [2.24, 2.45) is 5.92 Å². The quantitative estimate of drug-likeness (QED) is 0.901. The van der Waals surface area contributed by atoms with Gasteiger partial charge in [-0.1, -0.05) is 24.4 Å². The Kier molecular flexibility index (Phi) is 4.36. The molecule has 1 amide bonds. The number of nitrogens with one attached hydrogen (secondary N) is 2. The molecule has 1 saturated heterocycles. The topological polar surface area (TPSA) is 50.4 Å². The van der Waals surface area contributed by atoms with E-state index in [1.165, 1.54) is 25.7 Å². The molecule has 0 aromatic heterocycles. The monoisotopic (exact) mass is 308 g/mol. The van der Waals surface area contributed by atoms with Crippen LogP contribution in [0.1, 0.15) is 32.1 Å². The van der Waals surface area contributed by atoms with Gasteiger partial charge in [0, 0.05) is 17.8 Å². The SMILES string of the molecule is COc1cc(NC(=O)C2CC3CCCCC3N2)ccc1Cl. The van der Waals surface area contributed by atoms with Crippen molar-refractivity contribution in [2.45, 2.75) is 44.2 Å². The summed E-state index contributed by atoms with van der Waals surface area (Å²) in [6, 6.07) is 5.72. The molecule has 1 heterocycles. The first kappa shape index (κ1) is 14.7. The highest BCUT2D eigenvalue weighted by atomic mass is 35.5. The Balaban J connectivity index is 1.64. The fourth-order valence-electron chi connectivity index (χ4n) is 3.49. The molecule has 3 unspecified atom stereocenters. The molecular weight excluding hydrogens is 288 g/mol. The minimum Gasteiger partial charge on any atom is -0.495 e. The van der Waals surface area contributed by atoms with E-state index in [4.69, 9.17) is 16.3 Å². The number of anilines is 1. The van der Waals surface area contributed by atoms with Gasteiger partial charge in [0.1, 0.15) is 5.75 Å². The molecule has 2 aliphatic rings. The minimum absolute atomic E-state index is 0.0359. The molecule has 5 heteroatoms. The Hall–Kier alpha value is -1.26. The smallest absolute Gasteiger partial charge is 0.241 e. The van der Waals surface area contributed by atoms with E-state index in [9.17, 15) is 4.79 Å². The van der Waals surface area contributed by atoms with Gasteiger partial charge < -0.3 is 15.4 Å². The lowest BCUT2D eigenvalue weighted by Gasteiger charge is -2.24. The summed E-state index contributed by atoms with van der Waals surface area (Å²) in [5.74, 6) is 1.27. The van der Waals surface area contributed by atoms with Crippen molar-refractivity contribution in [1.82, 2.24) is 5.32 Å². The maximum Gasteiger partial charge on any atom is 0.241 e. The van der Waals surface area contributed by atoms with Crippen LogP contribution in [0.2, 0.25) is 5.02 Å². The standard InChI is InChI=1S/C16H21ClN2O2/c1-21-15-9-11(6-7-12(15)17)18-16(20)14-8-10-4-2-3-5-13(10)19-14/h6-7,9-10,13-14,19H,2-5,8H2,1H3,(H,18,20). The number of hydrogen-bond donors (Lipinski definition) is 2. The number of halogens is 1. The number of benzene rings is 1. The highest BCUT2D eigenvalue weighted by Crippen LogP contribution is 2.34. The molecule has 21 heavy (non-hydrogen) atoms. The summed E-state index contributed by atoms with van der Waals surface area (Å²) in [6.45, 7) is 0. The summed E-state index contributed by atoms with van der Waals surface area (Å²) in [5.41, 5.74) is 0.720. The van der Waals surface area contributed by atoms with Gasteiger partial charge in [0.05, 0.1) is 18.2 Å². The Morgan fingerprint density at radius 3 is 2.95 bits per heavy atom. The average Bonchev–Trinajstić information content (AvgIpc) is 2.93. The second kappa shape index (κ2) is 6.24. The number of carbonyl (C=O) groups excluding carboxylic acids is 1. The number of hydrogen-bond acceptors (Lipinski definition) is 3. The summed E-state index contributed by atoms with van der Waals surface area (Å²) < 4.78 is 5.17. The zero-order valence-corrected chi connectivity index (χ0v) is 13.0. The van der Waals surface area contributed by atoms with E-state index in [-0.39, 0.29) is 11.9 Å². The molecule has 2 N–H and O–H groups in total. The fourth-order valence-corrected chi connectivity index (χ4v) is 3.68. The van der Waals surface area contributed by atoms with Gasteiger partial charge >= 0.3 is 0 Å². The van der Waals surface area contributed by atoms with E-state index in [2.05, 4.69) is 10.6 Å². The summed E-state index contributed by atoms with van der Waals surface area (Å²) >= 11 is 5.99. The van der Waals surface area contributed by atoms with E-state index in [1.807, 2.05) is 0 Å². The molecule has 4 nitrogen and oxygen atoms in total. The number of ether oxygens (including phenoxy) is 1. The fraction of sp³-hybridized carbons (Fsp3) is 0.562. The first-order chi connectivity index (χ1) is 10.2. The first-order valence-electron chi connectivity index (χ1n) is 7.58. The van der Waals surface area contributed by atoms with Crippen molar-refractivity contribution in [2.75, 3.05) is 12.4 Å². The van der Waals surface area contributed by atoms with Crippen LogP contribution in [0.3, 0.4) is 0 Å². The Morgan fingerprint density at radius 1 is 1.38 bits per heavy atom. The van der Waals surface area contributed by atoms with Crippen molar-refractivity contribution in [3.8, 4) is 5.75 Å². The lowest BCUT2D eigenvalue weighted by molar-refractivity contribution is -0.117. The van der Waals surface area contributed by atoms with Gasteiger partial charge in [-0.25, -0.2) is 0 Å². The van der Waals surface area contributed by atoms with Gasteiger partial charge in [-0.15, -0.1) is 0 Å². The van der Waals surface area contributed by atoms with Crippen LogP contribution in [0.5, 0.6) is 5.75 Å². The molecule has 1 aliphatic carbocycles. The Morgan fingerprint density at radius 2 is 2.19 bits per heavy atom. The van der Waals surface area contributed by atoms with Crippen molar-refractivity contribution < 1.29 is 9.53 Å². The van der Waals surface area contributed by atoms with Gasteiger partial charge in [-0.2, -0.15) is 0 Å². The van der Waals surface area contributed by atoms with E-state index < -0.39 is 0 Å². The largest absolute Gasteiger partial charge is 0.495 e. The molecule has 1 saturated carbocycles. The van der Waals surface area contributed by atoms with Gasteiger partial charge in [-0.3, -0.25) is 4.79 Å². The van der Waals surface area contributed by atoms with Crippen LogP contribution in [0, 0.1) is 5.92 Å². The third kappa shape index (κ3) is 3.16. The van der Waals surface area contributed by atoms with Crippen molar-refractivity contribution in [3.63, 3.8) is 0 Å². The zero-order valence-electron chi connectivity index (χ0n) is 12.2. The Labute approximate surface area is 130 Å². The molecule has 0 radical (unpaired) electrons. The van der Waals surface area contributed by atoms with Gasteiger partial charge in [0.2, 0.25) is 5.91 Å². The predicted octanol–water partition coefficient (Wildman–Crippen LogP) is 3.21. The second-order valence-electron chi connectivity index (χ2n) is 5.94. The van der Waals surface area contributed by atoms with Crippen LogP contribution >= 0.6 is 11.6 Å². The number of rotatable bonds is 3. The van der Waals surface area contributed by atoms with E-state index >= 15 is 0 Å². The predicted molar refractivity (Wildman–Crippen MR) is 83.9 cm³/mol. The average molecular weight is 309 g/mol. The molecule has 3 rings (SSSR count). The van der Waals surface area contributed by atoms with Crippen molar-refractivity contribution in [1.29, 1.82) is 0 Å². The number of amides is 1. The highest BCUT2D eigenvalue weighted by molar-refractivity contribution is 6.32. The number of carbonyl (C=O) groups is 1. The van der Waals surface area contributed by atoms with E-state index in [0.29, 0.717) is 22.7 Å². The zero-order chi connectivity index (χ0) is 14.8. The van der Waals surface area contributed by atoms with E-state index in [0.717, 1.165) is 12.1 Å². The molecule has 0 bridgehead atoms. The normalized spacial score (nSPS) is 28.0. The van der Waals surface area contributed by atoms with Gasteiger partial charge in [-0.05, 0) is 37.3 Å². The third-order valence-corrected chi connectivity index (χ3v) is 4.91. The summed E-state index contributed by atoms with van der Waals surface area (Å²) in [7, 11) is 1.57. The molecule has 2 fully saturated rings. The first-order valence-corrected chi connectivity index (χ1v) is 7.95. The van der Waals surface area contributed by atoms with Crippen LogP contribution in [-0.2, 0) is 4.79 Å². The molecule has 1 aromatic carbocycles. The molecule has 1 aromatic rings. The summed E-state index contributed by atoms with van der Waals surface area (Å²) in [6.07, 6.45) is 5.96. The molecule has 114 valence electrons. The maximum atomic E-state index is 12.4. The molecule has 0 spiro atoms. The maximum absolute atomic E-state index is 12.4. The highest BCUT2D eigenvalue weighted by Gasteiger charge is 2.38. The summed E-state index contributed by atoms with van der Waals surface area (Å²) in [4.78, 5) is 12.4. The minimum atomic E-state index is -0.0835. The number of fused-ring (bicyclic) bond motifs is 1. The number of methoxy groups -OCH3 is 1. The molecule has 3 atom stereocenters. The third-order valence-electron chi connectivity index (χ3n) is 4.60. The van der Waals surface area contributed by atoms with Crippen molar-refractivity contribution >= 4 is 23.2 Å². The van der Waals surface area contributed by atoms with Gasteiger partial charge in [0.15, 0.2) is 0 Å². The van der Waals surface area contributed by atoms with Crippen LogP contribution in [0.4, 0.5) is 5.69 Å². The van der Waals surface area contributed by atoms with E-state index in [1.54, 1.807) is 25.3 Å². The van der Waals surface area contributed by atoms with Crippen LogP contribution in [0.25, 0.3) is 0 Å². The lowest BCUT2D eigenvalue weighted by atomic mass is 9.85. The van der Waals surface area contributed by atoms with Crippen LogP contribution < -0.4 is 15.4 Å². The molecular formula is C16H21ClN2O2.